The van der Waals surface area contributed by atoms with E-state index in [1.807, 2.05) is 0 Å². The van der Waals surface area contributed by atoms with E-state index < -0.39 is 21.2 Å². The van der Waals surface area contributed by atoms with Gasteiger partial charge in [0, 0.05) is 24.9 Å². The van der Waals surface area contributed by atoms with Crippen LogP contribution in [-0.4, -0.2) is 59.2 Å². The highest BCUT2D eigenvalue weighted by molar-refractivity contribution is 7.93. The molecule has 3 aromatic rings. The van der Waals surface area contributed by atoms with E-state index in [-0.39, 0.29) is 18.0 Å². The van der Waals surface area contributed by atoms with E-state index in [9.17, 15) is 8.42 Å². The highest BCUT2D eigenvalue weighted by Crippen LogP contribution is 2.40. The number of hydrogen-bond donors (Lipinski definition) is 1. The van der Waals surface area contributed by atoms with Gasteiger partial charge in [-0.3, -0.25) is 9.29 Å². The maximum atomic E-state index is 13.5. The Hall–Kier alpha value is -2.96. The molecule has 1 fully saturated rings. The molecule has 0 unspecified atom stereocenters. The lowest BCUT2D eigenvalue weighted by molar-refractivity contribution is 0.0858. The number of sulfonamides is 1. The van der Waals surface area contributed by atoms with Gasteiger partial charge in [-0.1, -0.05) is 31.5 Å². The smallest absolute Gasteiger partial charge is 0.243 e. The molecule has 1 aliphatic rings. The van der Waals surface area contributed by atoms with Crippen molar-refractivity contribution in [2.45, 2.75) is 44.5 Å². The molecule has 4 atom stereocenters. The third-order valence-electron chi connectivity index (χ3n) is 6.43. The van der Waals surface area contributed by atoms with Gasteiger partial charge < -0.3 is 14.2 Å². The molecule has 0 amide bonds. The summed E-state index contributed by atoms with van der Waals surface area (Å²) in [7, 11) is -0.924. The second-order valence-electron chi connectivity index (χ2n) is 8.69. The first-order valence-electron chi connectivity index (χ1n) is 11.4. The maximum absolute atomic E-state index is 13.5. The lowest BCUT2D eigenvalue weighted by Gasteiger charge is -2.22. The van der Waals surface area contributed by atoms with Gasteiger partial charge in [-0.25, -0.2) is 18.4 Å². The Morgan fingerprint density at radius 2 is 1.78 bits per heavy atom. The molecule has 0 radical (unpaired) electrons. The number of nitrogens with one attached hydrogen (secondary N) is 1. The van der Waals surface area contributed by atoms with Gasteiger partial charge in [-0.2, -0.15) is 0 Å². The summed E-state index contributed by atoms with van der Waals surface area (Å²) >= 11 is 5.88. The summed E-state index contributed by atoms with van der Waals surface area (Å²) < 4.78 is 48.4. The minimum atomic E-state index is -3.97. The monoisotopic (exact) mass is 536 g/mol. The average Bonchev–Trinajstić information content (AvgIpc) is 3.47. The first-order chi connectivity index (χ1) is 17.2. The van der Waals surface area contributed by atoms with Crippen molar-refractivity contribution < 1.29 is 22.6 Å². The lowest BCUT2D eigenvalue weighted by Crippen LogP contribution is -2.31. The molecule has 1 saturated heterocycles. The first kappa shape index (κ1) is 26.1. The van der Waals surface area contributed by atoms with Crippen molar-refractivity contribution >= 4 is 27.6 Å². The Balaban J connectivity index is 1.78. The fourth-order valence-corrected chi connectivity index (χ4v) is 5.43. The summed E-state index contributed by atoms with van der Waals surface area (Å²) in [5, 5.41) is 8.02. The van der Waals surface area contributed by atoms with Gasteiger partial charge in [0.05, 0.1) is 24.5 Å². The Kier molecular flexibility index (Phi) is 7.67. The van der Waals surface area contributed by atoms with Gasteiger partial charge in [0.15, 0.2) is 5.82 Å². The van der Waals surface area contributed by atoms with E-state index in [1.54, 1.807) is 36.6 Å². The van der Waals surface area contributed by atoms with Gasteiger partial charge >= 0.3 is 0 Å². The van der Waals surface area contributed by atoms with Crippen LogP contribution in [0, 0.1) is 5.92 Å². The maximum Gasteiger partial charge on any atom is 0.243 e. The highest BCUT2D eigenvalue weighted by atomic mass is 35.5. The lowest BCUT2D eigenvalue weighted by atomic mass is 10.0. The third-order valence-corrected chi connectivity index (χ3v) is 8.48. The van der Waals surface area contributed by atoms with E-state index in [2.05, 4.69) is 31.8 Å². The molecule has 194 valence electrons. The van der Waals surface area contributed by atoms with Crippen LogP contribution in [0.2, 0.25) is 5.02 Å². The number of anilines is 1. The average molecular weight is 537 g/mol. The fourth-order valence-electron chi connectivity index (χ4n) is 4.10. The summed E-state index contributed by atoms with van der Waals surface area (Å²) in [5.74, 6) is 1.33. The predicted molar refractivity (Wildman–Crippen MR) is 134 cm³/mol. The van der Waals surface area contributed by atoms with Crippen LogP contribution in [0.1, 0.15) is 50.9 Å². The third kappa shape index (κ3) is 4.97. The van der Waals surface area contributed by atoms with Crippen LogP contribution in [0.25, 0.3) is 5.69 Å². The molecule has 0 saturated carbocycles. The highest BCUT2D eigenvalue weighted by Gasteiger charge is 2.36. The molecule has 36 heavy (non-hydrogen) atoms. The largest absolute Gasteiger partial charge is 0.494 e. The summed E-state index contributed by atoms with van der Waals surface area (Å²) in [4.78, 5) is 8.35. The van der Waals surface area contributed by atoms with E-state index in [0.29, 0.717) is 40.5 Å². The van der Waals surface area contributed by atoms with E-state index >= 15 is 0 Å². The number of para-hydroxylation sites is 1. The van der Waals surface area contributed by atoms with Crippen molar-refractivity contribution in [3.8, 4) is 17.2 Å². The molecule has 11 nitrogen and oxygen atoms in total. The van der Waals surface area contributed by atoms with Gasteiger partial charge in [-0.05, 0) is 31.4 Å². The zero-order valence-electron chi connectivity index (χ0n) is 20.7. The van der Waals surface area contributed by atoms with Gasteiger partial charge in [-0.15, -0.1) is 10.2 Å². The molecule has 0 bridgehead atoms. The van der Waals surface area contributed by atoms with E-state index in [4.69, 9.17) is 25.8 Å². The number of hydrogen-bond acceptors (Lipinski definition) is 9. The van der Waals surface area contributed by atoms with Crippen molar-refractivity contribution in [1.29, 1.82) is 0 Å². The van der Waals surface area contributed by atoms with Gasteiger partial charge in [0.1, 0.15) is 29.1 Å². The van der Waals surface area contributed by atoms with Gasteiger partial charge in [0.25, 0.3) is 0 Å². The Morgan fingerprint density at radius 1 is 1.14 bits per heavy atom. The fraction of sp³-hybridized carbons (Fsp3) is 0.478. The molecular weight excluding hydrogens is 508 g/mol. The van der Waals surface area contributed by atoms with Crippen LogP contribution < -0.4 is 14.2 Å². The number of halogens is 1. The minimum absolute atomic E-state index is 0.00780. The number of nitrogens with zero attached hydrogens (tertiary/aromatic N) is 5. The molecule has 4 rings (SSSR count). The molecule has 2 aromatic heterocycles. The zero-order valence-corrected chi connectivity index (χ0v) is 22.2. The quantitative estimate of drug-likeness (QED) is 0.434. The Bertz CT molecular complexity index is 1290. The van der Waals surface area contributed by atoms with Crippen LogP contribution in [0.4, 0.5) is 5.95 Å². The second-order valence-corrected chi connectivity index (χ2v) is 11.2. The Labute approximate surface area is 215 Å². The van der Waals surface area contributed by atoms with Crippen molar-refractivity contribution in [2.24, 2.45) is 5.92 Å². The van der Waals surface area contributed by atoms with Crippen molar-refractivity contribution in [2.75, 3.05) is 25.5 Å². The molecular formula is C23H29ClN6O5S. The number of benzene rings is 1. The summed E-state index contributed by atoms with van der Waals surface area (Å²) in [6.45, 7) is 5.94. The molecule has 13 heteroatoms. The van der Waals surface area contributed by atoms with Crippen molar-refractivity contribution in [3.05, 3.63) is 47.3 Å². The van der Waals surface area contributed by atoms with E-state index in [0.717, 1.165) is 6.42 Å². The molecule has 1 aromatic carbocycles. The van der Waals surface area contributed by atoms with Gasteiger partial charge in [0.2, 0.25) is 16.0 Å². The second kappa shape index (κ2) is 10.6. The molecule has 1 aliphatic heterocycles. The standard InChI is InChI=1S/C23H29ClN6O5S/c1-13-9-10-35-20(13)22-27-28-23(30(22)19-17(33-4)7-6-8-18(19)34-5)29-36(31,32)15(3)14(2)21-25-11-16(24)12-26-21/h6-8,11-15,20H,9-10H2,1-5H3,(H,28,29)/t13-,14+,15+,20+/m1/s1. The minimum Gasteiger partial charge on any atom is -0.494 e. The molecule has 0 spiro atoms. The predicted octanol–water partition coefficient (Wildman–Crippen LogP) is 3.76. The molecule has 0 aliphatic carbocycles. The van der Waals surface area contributed by atoms with Crippen LogP contribution in [0.15, 0.2) is 30.6 Å². The number of rotatable bonds is 9. The Morgan fingerprint density at radius 3 is 2.33 bits per heavy atom. The van der Waals surface area contributed by atoms with Crippen LogP contribution in [0.5, 0.6) is 11.5 Å². The number of aromatic nitrogens is 5. The summed E-state index contributed by atoms with van der Waals surface area (Å²) in [6.07, 6.45) is 3.33. The van der Waals surface area contributed by atoms with Crippen LogP contribution >= 0.6 is 11.6 Å². The van der Waals surface area contributed by atoms with Crippen LogP contribution in [0.3, 0.4) is 0 Å². The topological polar surface area (TPSA) is 130 Å². The number of methoxy groups -OCH3 is 2. The number of ether oxygens (including phenoxy) is 3. The normalized spacial score (nSPS) is 19.6. The van der Waals surface area contributed by atoms with Crippen LogP contribution in [-0.2, 0) is 14.8 Å². The van der Waals surface area contributed by atoms with Crippen molar-refractivity contribution in [1.82, 2.24) is 24.7 Å². The molecule has 3 heterocycles. The first-order valence-corrected chi connectivity index (χ1v) is 13.4. The molecule has 1 N–H and O–H groups in total. The zero-order chi connectivity index (χ0) is 26.0. The SMILES string of the molecule is COc1cccc(OC)c1-n1c(NS(=O)(=O)[C@@H](C)[C@H](C)c2ncc(Cl)cn2)nnc1[C@H]1OCC[C@H]1C. The van der Waals surface area contributed by atoms with Crippen molar-refractivity contribution in [3.63, 3.8) is 0 Å². The van der Waals surface area contributed by atoms with E-state index in [1.165, 1.54) is 26.6 Å². The summed E-state index contributed by atoms with van der Waals surface area (Å²) in [5.41, 5.74) is 0.463. The summed E-state index contributed by atoms with van der Waals surface area (Å²) in [6, 6.07) is 5.28.